The van der Waals surface area contributed by atoms with Crippen molar-refractivity contribution in [3.05, 3.63) is 16.1 Å². The highest BCUT2D eigenvalue weighted by atomic mass is 35.5. The average molecular weight is 260 g/mol. The number of ether oxygens (including phenoxy) is 1. The van der Waals surface area contributed by atoms with Crippen LogP contribution in [-0.4, -0.2) is 17.5 Å². The van der Waals surface area contributed by atoms with E-state index in [-0.39, 0.29) is 5.60 Å². The van der Waals surface area contributed by atoms with Crippen molar-refractivity contribution in [3.63, 3.8) is 0 Å². The van der Waals surface area contributed by atoms with Gasteiger partial charge in [-0.2, -0.15) is 0 Å². The van der Waals surface area contributed by atoms with E-state index >= 15 is 0 Å². The first-order valence-corrected chi connectivity index (χ1v) is 7.31. The maximum Gasteiger partial charge on any atom is 0.125 e. The Morgan fingerprint density at radius 1 is 1.56 bits per heavy atom. The van der Waals surface area contributed by atoms with E-state index in [1.165, 1.54) is 12.8 Å². The van der Waals surface area contributed by atoms with Crippen LogP contribution in [0.3, 0.4) is 0 Å². The topological polar surface area (TPSA) is 22.1 Å². The fraction of sp³-hybridized carbons (Fsp3) is 0.750. The Morgan fingerprint density at radius 2 is 2.44 bits per heavy atom. The highest BCUT2D eigenvalue weighted by molar-refractivity contribution is 7.09. The van der Waals surface area contributed by atoms with Gasteiger partial charge in [0.05, 0.1) is 5.69 Å². The van der Waals surface area contributed by atoms with Gasteiger partial charge in [-0.25, -0.2) is 4.98 Å². The Kier molecular flexibility index (Phi) is 4.22. The van der Waals surface area contributed by atoms with Crippen LogP contribution in [0.5, 0.6) is 0 Å². The molecule has 0 bridgehead atoms. The molecule has 0 radical (unpaired) electrons. The Hall–Kier alpha value is -0.120. The zero-order valence-electron chi connectivity index (χ0n) is 9.67. The van der Waals surface area contributed by atoms with Crippen LogP contribution in [-0.2, 0) is 16.8 Å². The Bertz CT molecular complexity index is 334. The summed E-state index contributed by atoms with van der Waals surface area (Å²) >= 11 is 7.41. The number of aromatic nitrogens is 1. The fourth-order valence-corrected chi connectivity index (χ4v) is 3.15. The van der Waals surface area contributed by atoms with Gasteiger partial charge in [-0.1, -0.05) is 0 Å². The van der Waals surface area contributed by atoms with Gasteiger partial charge in [-0.15, -0.1) is 22.9 Å². The number of rotatable bonds is 4. The quantitative estimate of drug-likeness (QED) is 0.769. The van der Waals surface area contributed by atoms with Gasteiger partial charge >= 0.3 is 0 Å². The second-order valence-corrected chi connectivity index (χ2v) is 5.71. The molecule has 0 N–H and O–H groups in total. The van der Waals surface area contributed by atoms with Crippen molar-refractivity contribution in [2.24, 2.45) is 0 Å². The number of hydrogen-bond acceptors (Lipinski definition) is 3. The van der Waals surface area contributed by atoms with Crippen LogP contribution in [0.2, 0.25) is 0 Å². The number of thiazole rings is 1. The first kappa shape index (κ1) is 12.3. The van der Waals surface area contributed by atoms with Crippen LogP contribution in [0, 0.1) is 0 Å². The zero-order valence-corrected chi connectivity index (χ0v) is 11.2. The maximum atomic E-state index is 5.89. The molecule has 1 unspecified atom stereocenters. The highest BCUT2D eigenvalue weighted by Crippen LogP contribution is 2.36. The summed E-state index contributed by atoms with van der Waals surface area (Å²) in [5.74, 6) is 0.709. The zero-order chi connectivity index (χ0) is 11.4. The summed E-state index contributed by atoms with van der Waals surface area (Å²) < 4.78 is 5.89. The molecule has 2 nitrogen and oxygen atoms in total. The smallest absolute Gasteiger partial charge is 0.125 e. The first-order valence-electron chi connectivity index (χ1n) is 5.89. The van der Waals surface area contributed by atoms with E-state index in [2.05, 4.69) is 17.3 Å². The van der Waals surface area contributed by atoms with Crippen molar-refractivity contribution >= 4 is 22.9 Å². The van der Waals surface area contributed by atoms with Crippen molar-refractivity contribution < 1.29 is 4.74 Å². The standard InChI is InChI=1S/C12H18ClNOS/c1-12(6-2-3-8-15-12)11-14-10(9-16-11)5-4-7-13/h9H,2-8H2,1H3. The predicted molar refractivity (Wildman–Crippen MR) is 68.3 cm³/mol. The van der Waals surface area contributed by atoms with Crippen molar-refractivity contribution in [2.75, 3.05) is 12.5 Å². The van der Waals surface area contributed by atoms with Crippen LogP contribution in [0.4, 0.5) is 0 Å². The van der Waals surface area contributed by atoms with Crippen LogP contribution in [0.25, 0.3) is 0 Å². The van der Waals surface area contributed by atoms with Gasteiger partial charge in [-0.3, -0.25) is 0 Å². The summed E-state index contributed by atoms with van der Waals surface area (Å²) in [6, 6.07) is 0. The lowest BCUT2D eigenvalue weighted by Crippen LogP contribution is -2.30. The van der Waals surface area contributed by atoms with E-state index in [9.17, 15) is 0 Å². The van der Waals surface area contributed by atoms with Crippen molar-refractivity contribution in [1.82, 2.24) is 4.98 Å². The molecule has 2 rings (SSSR count). The van der Waals surface area contributed by atoms with Crippen LogP contribution in [0.15, 0.2) is 5.38 Å². The molecule has 0 aromatic carbocycles. The van der Waals surface area contributed by atoms with Crippen LogP contribution in [0.1, 0.15) is 43.3 Å². The third-order valence-electron chi connectivity index (χ3n) is 3.04. The largest absolute Gasteiger partial charge is 0.368 e. The molecule has 16 heavy (non-hydrogen) atoms. The number of aryl methyl sites for hydroxylation is 1. The molecule has 1 saturated heterocycles. The summed E-state index contributed by atoms with van der Waals surface area (Å²) in [5.41, 5.74) is 1.03. The molecule has 0 aliphatic carbocycles. The molecular weight excluding hydrogens is 242 g/mol. The predicted octanol–water partition coefficient (Wildman–Crippen LogP) is 3.73. The second kappa shape index (κ2) is 5.48. The molecular formula is C12H18ClNOS. The number of alkyl halides is 1. The van der Waals surface area contributed by atoms with Crippen LogP contribution < -0.4 is 0 Å². The summed E-state index contributed by atoms with van der Waals surface area (Å²) in [6.07, 6.45) is 5.50. The third-order valence-corrected chi connectivity index (χ3v) is 4.44. The molecule has 1 atom stereocenters. The summed E-state index contributed by atoms with van der Waals surface area (Å²) in [7, 11) is 0. The highest BCUT2D eigenvalue weighted by Gasteiger charge is 2.32. The van der Waals surface area contributed by atoms with E-state index in [0.717, 1.165) is 36.6 Å². The minimum atomic E-state index is -0.137. The van der Waals surface area contributed by atoms with Gasteiger partial charge in [0.2, 0.25) is 0 Å². The molecule has 0 amide bonds. The SMILES string of the molecule is CC1(c2nc(CCCCl)cs2)CCCCO1. The third kappa shape index (κ3) is 2.76. The Balaban J connectivity index is 2.05. The Labute approximate surface area is 106 Å². The van der Waals surface area contributed by atoms with E-state index in [1.807, 2.05) is 0 Å². The second-order valence-electron chi connectivity index (χ2n) is 4.47. The van der Waals surface area contributed by atoms with Gasteiger partial charge in [0.15, 0.2) is 0 Å². The molecule has 1 aromatic heterocycles. The number of halogens is 1. The molecule has 0 saturated carbocycles. The van der Waals surface area contributed by atoms with Crippen molar-refractivity contribution in [2.45, 2.75) is 44.6 Å². The molecule has 1 aliphatic rings. The van der Waals surface area contributed by atoms with Crippen LogP contribution >= 0.6 is 22.9 Å². The first-order chi connectivity index (χ1) is 7.74. The number of hydrogen-bond donors (Lipinski definition) is 0. The molecule has 0 spiro atoms. The minimum Gasteiger partial charge on any atom is -0.368 e. The fourth-order valence-electron chi connectivity index (χ4n) is 2.02. The summed E-state index contributed by atoms with van der Waals surface area (Å²) in [5, 5.41) is 3.28. The molecule has 1 fully saturated rings. The lowest BCUT2D eigenvalue weighted by atomic mass is 9.97. The Morgan fingerprint density at radius 3 is 3.12 bits per heavy atom. The maximum absolute atomic E-state index is 5.89. The van der Waals surface area contributed by atoms with E-state index in [1.54, 1.807) is 11.3 Å². The van der Waals surface area contributed by atoms with E-state index in [4.69, 9.17) is 16.3 Å². The average Bonchev–Trinajstić information content (AvgIpc) is 2.77. The summed E-state index contributed by atoms with van der Waals surface area (Å²) in [4.78, 5) is 4.68. The van der Waals surface area contributed by atoms with E-state index < -0.39 is 0 Å². The number of nitrogens with zero attached hydrogens (tertiary/aromatic N) is 1. The molecule has 1 aliphatic heterocycles. The monoisotopic (exact) mass is 259 g/mol. The van der Waals surface area contributed by atoms with Gasteiger partial charge < -0.3 is 4.74 Å². The molecule has 2 heterocycles. The van der Waals surface area contributed by atoms with Gasteiger partial charge in [0.1, 0.15) is 10.6 Å². The van der Waals surface area contributed by atoms with Crippen molar-refractivity contribution in [3.8, 4) is 0 Å². The van der Waals surface area contributed by atoms with Gasteiger partial charge in [0.25, 0.3) is 0 Å². The lowest BCUT2D eigenvalue weighted by Gasteiger charge is -2.31. The summed E-state index contributed by atoms with van der Waals surface area (Å²) in [6.45, 7) is 3.03. The van der Waals surface area contributed by atoms with E-state index in [0.29, 0.717) is 5.88 Å². The minimum absolute atomic E-state index is 0.137. The van der Waals surface area contributed by atoms with Gasteiger partial charge in [0, 0.05) is 17.9 Å². The molecule has 1 aromatic rings. The lowest BCUT2D eigenvalue weighted by molar-refractivity contribution is -0.0702. The molecule has 90 valence electrons. The molecule has 4 heteroatoms. The normalized spacial score (nSPS) is 25.9. The van der Waals surface area contributed by atoms with Crippen molar-refractivity contribution in [1.29, 1.82) is 0 Å². The van der Waals surface area contributed by atoms with Gasteiger partial charge in [-0.05, 0) is 39.0 Å².